The first-order valence-corrected chi connectivity index (χ1v) is 20.3. The maximum atomic E-state index is 5.57. The van der Waals surface area contributed by atoms with Crippen molar-refractivity contribution in [1.29, 1.82) is 0 Å². The predicted molar refractivity (Wildman–Crippen MR) is 245 cm³/mol. The Labute approximate surface area is 342 Å². The molecule has 59 heavy (non-hydrogen) atoms. The van der Waals surface area contributed by atoms with E-state index in [1.165, 1.54) is 60.4 Å². The van der Waals surface area contributed by atoms with Gasteiger partial charge in [0.2, 0.25) is 5.95 Å². The Morgan fingerprint density at radius 2 is 0.932 bits per heavy atom. The van der Waals surface area contributed by atoms with Crippen LogP contribution >= 0.6 is 0 Å². The zero-order valence-electron chi connectivity index (χ0n) is 32.8. The maximum Gasteiger partial charge on any atom is 0.235 e. The Morgan fingerprint density at radius 3 is 1.69 bits per heavy atom. The lowest BCUT2D eigenvalue weighted by molar-refractivity contribution is 0.663. The van der Waals surface area contributed by atoms with E-state index in [2.05, 4.69) is 217 Å². The highest BCUT2D eigenvalue weighted by Crippen LogP contribution is 2.53. The molecule has 11 aromatic rings. The Bertz CT molecular complexity index is 3440. The number of fused-ring (bicyclic) bond motifs is 10. The monoisotopic (exact) mass is 754 g/mol. The van der Waals surface area contributed by atoms with Gasteiger partial charge >= 0.3 is 0 Å². The van der Waals surface area contributed by atoms with Crippen LogP contribution in [-0.2, 0) is 5.41 Å². The number of para-hydroxylation sites is 3. The SMILES string of the molecule is CC1(C)c2ccccc2-c2ccc3c4ccccc4n(-c4nc(-c5ccc(-c6ccccc6)cc5)cc(-c5ccc6c7ccccc7n(-c7ccccc7)c6c5)n4)c3c21. The second-order valence-corrected chi connectivity index (χ2v) is 16.2. The Balaban J connectivity index is 1.14. The van der Waals surface area contributed by atoms with Crippen molar-refractivity contribution in [2.45, 2.75) is 19.3 Å². The lowest BCUT2D eigenvalue weighted by atomic mass is 9.81. The quantitative estimate of drug-likeness (QED) is 0.175. The van der Waals surface area contributed by atoms with Crippen molar-refractivity contribution in [3.63, 3.8) is 0 Å². The Morgan fingerprint density at radius 1 is 0.390 bits per heavy atom. The highest BCUT2D eigenvalue weighted by atomic mass is 15.2. The van der Waals surface area contributed by atoms with E-state index in [9.17, 15) is 0 Å². The average Bonchev–Trinajstić information content (AvgIpc) is 3.89. The second kappa shape index (κ2) is 12.7. The van der Waals surface area contributed by atoms with E-state index < -0.39 is 0 Å². The van der Waals surface area contributed by atoms with Crippen LogP contribution in [0.3, 0.4) is 0 Å². The zero-order chi connectivity index (χ0) is 39.2. The molecule has 278 valence electrons. The molecule has 0 spiro atoms. The van der Waals surface area contributed by atoms with Crippen LogP contribution in [-0.4, -0.2) is 19.1 Å². The molecule has 0 fully saturated rings. The number of hydrogen-bond donors (Lipinski definition) is 0. The van der Waals surface area contributed by atoms with Crippen molar-refractivity contribution in [1.82, 2.24) is 19.1 Å². The molecule has 0 bridgehead atoms. The molecule has 0 radical (unpaired) electrons. The molecule has 4 heteroatoms. The van der Waals surface area contributed by atoms with Gasteiger partial charge < -0.3 is 4.57 Å². The van der Waals surface area contributed by atoms with Gasteiger partial charge in [-0.15, -0.1) is 0 Å². The minimum absolute atomic E-state index is 0.235. The van der Waals surface area contributed by atoms with E-state index in [1.54, 1.807) is 0 Å². The topological polar surface area (TPSA) is 35.6 Å². The lowest BCUT2D eigenvalue weighted by Crippen LogP contribution is -2.17. The van der Waals surface area contributed by atoms with Crippen molar-refractivity contribution in [3.8, 4) is 56.4 Å². The Hall–Kier alpha value is -7.56. The van der Waals surface area contributed by atoms with Gasteiger partial charge in [0.15, 0.2) is 0 Å². The van der Waals surface area contributed by atoms with Gasteiger partial charge in [-0.1, -0.05) is 172 Å². The normalized spacial score (nSPS) is 13.1. The van der Waals surface area contributed by atoms with Crippen LogP contribution in [0.5, 0.6) is 0 Å². The second-order valence-electron chi connectivity index (χ2n) is 16.2. The van der Waals surface area contributed by atoms with Gasteiger partial charge in [0.1, 0.15) is 0 Å². The van der Waals surface area contributed by atoms with E-state index in [0.29, 0.717) is 5.95 Å². The van der Waals surface area contributed by atoms with Gasteiger partial charge in [-0.2, -0.15) is 0 Å². The van der Waals surface area contributed by atoms with Crippen LogP contribution in [0.25, 0.3) is 100 Å². The molecule has 3 heterocycles. The van der Waals surface area contributed by atoms with E-state index in [0.717, 1.165) is 44.8 Å². The van der Waals surface area contributed by atoms with Crippen molar-refractivity contribution >= 4 is 43.6 Å². The molecule has 0 saturated heterocycles. The molecule has 8 aromatic carbocycles. The summed E-state index contributed by atoms with van der Waals surface area (Å²) < 4.78 is 4.71. The summed E-state index contributed by atoms with van der Waals surface area (Å²) in [6.07, 6.45) is 0. The fraction of sp³-hybridized carbons (Fsp3) is 0.0545. The standard InChI is InChI=1S/C55H38N4/c1-55(2)46-22-12-9-19-40(46)44-31-32-45-42-21-11-14-24-50(42)59(53(45)52(44)55)54-56-47(37-27-25-36(26-28-37)35-15-5-3-6-16-35)34-48(57-54)38-29-30-43-41-20-10-13-23-49(41)58(51(43)33-38)39-17-7-4-8-18-39/h3-34H,1-2H3. The molecule has 12 rings (SSSR count). The molecule has 0 N–H and O–H groups in total. The van der Waals surface area contributed by atoms with E-state index in [1.807, 2.05) is 0 Å². The summed E-state index contributed by atoms with van der Waals surface area (Å²) >= 11 is 0. The van der Waals surface area contributed by atoms with Crippen LogP contribution in [0, 0.1) is 0 Å². The van der Waals surface area contributed by atoms with Crippen LogP contribution in [0.4, 0.5) is 0 Å². The van der Waals surface area contributed by atoms with Gasteiger partial charge in [0.25, 0.3) is 0 Å². The van der Waals surface area contributed by atoms with Crippen LogP contribution in [0.1, 0.15) is 25.0 Å². The van der Waals surface area contributed by atoms with Crippen molar-refractivity contribution in [2.75, 3.05) is 0 Å². The minimum atomic E-state index is -0.235. The molecule has 4 nitrogen and oxygen atoms in total. The molecule has 0 unspecified atom stereocenters. The molecule has 3 aromatic heterocycles. The van der Waals surface area contributed by atoms with Gasteiger partial charge in [0.05, 0.1) is 33.5 Å². The van der Waals surface area contributed by atoms with Crippen LogP contribution < -0.4 is 0 Å². The maximum absolute atomic E-state index is 5.57. The third kappa shape index (κ3) is 5.03. The predicted octanol–water partition coefficient (Wildman–Crippen LogP) is 14.0. The van der Waals surface area contributed by atoms with E-state index in [4.69, 9.17) is 9.97 Å². The number of nitrogens with zero attached hydrogens (tertiary/aromatic N) is 4. The third-order valence-electron chi connectivity index (χ3n) is 12.5. The largest absolute Gasteiger partial charge is 0.309 e. The zero-order valence-corrected chi connectivity index (χ0v) is 32.8. The van der Waals surface area contributed by atoms with Crippen molar-refractivity contribution in [3.05, 3.63) is 205 Å². The van der Waals surface area contributed by atoms with Gasteiger partial charge in [-0.25, -0.2) is 9.97 Å². The lowest BCUT2D eigenvalue weighted by Gasteiger charge is -2.23. The molecular formula is C55H38N4. The summed E-state index contributed by atoms with van der Waals surface area (Å²) in [5.41, 5.74) is 16.8. The summed E-state index contributed by atoms with van der Waals surface area (Å²) in [6.45, 7) is 4.72. The highest BCUT2D eigenvalue weighted by Gasteiger charge is 2.38. The van der Waals surface area contributed by atoms with Crippen molar-refractivity contribution < 1.29 is 0 Å². The number of hydrogen-bond acceptors (Lipinski definition) is 2. The van der Waals surface area contributed by atoms with Gasteiger partial charge in [-0.3, -0.25) is 4.57 Å². The fourth-order valence-corrected chi connectivity index (χ4v) is 9.80. The molecule has 0 saturated carbocycles. The van der Waals surface area contributed by atoms with Crippen LogP contribution in [0.2, 0.25) is 0 Å². The minimum Gasteiger partial charge on any atom is -0.309 e. The summed E-state index contributed by atoms with van der Waals surface area (Å²) in [7, 11) is 0. The van der Waals surface area contributed by atoms with Crippen molar-refractivity contribution in [2.24, 2.45) is 0 Å². The highest BCUT2D eigenvalue weighted by molar-refractivity contribution is 6.13. The first-order chi connectivity index (χ1) is 29.0. The molecule has 1 aliphatic carbocycles. The third-order valence-corrected chi connectivity index (χ3v) is 12.5. The van der Waals surface area contributed by atoms with E-state index >= 15 is 0 Å². The molecular weight excluding hydrogens is 717 g/mol. The molecule has 1 aliphatic rings. The first-order valence-electron chi connectivity index (χ1n) is 20.3. The number of benzene rings is 8. The summed E-state index contributed by atoms with van der Waals surface area (Å²) in [5.74, 6) is 0.652. The van der Waals surface area contributed by atoms with E-state index in [-0.39, 0.29) is 5.41 Å². The summed E-state index contributed by atoms with van der Waals surface area (Å²) in [5, 5.41) is 4.83. The van der Waals surface area contributed by atoms with Gasteiger partial charge in [0, 0.05) is 43.8 Å². The molecule has 0 atom stereocenters. The fourth-order valence-electron chi connectivity index (χ4n) is 9.80. The summed E-state index contributed by atoms with van der Waals surface area (Å²) in [4.78, 5) is 11.1. The number of rotatable bonds is 5. The van der Waals surface area contributed by atoms with Gasteiger partial charge in [-0.05, 0) is 69.8 Å². The summed E-state index contributed by atoms with van der Waals surface area (Å²) in [6, 6.07) is 69.8. The van der Waals surface area contributed by atoms with Crippen LogP contribution in [0.15, 0.2) is 194 Å². The smallest absolute Gasteiger partial charge is 0.235 e. The average molecular weight is 755 g/mol. The molecule has 0 amide bonds. The first kappa shape index (κ1) is 33.6. The molecule has 0 aliphatic heterocycles. The number of aromatic nitrogens is 4. The Kier molecular flexibility index (Phi) is 7.24.